The van der Waals surface area contributed by atoms with Crippen molar-refractivity contribution in [2.24, 2.45) is 0 Å². The standard InChI is InChI=1S/C31H33IN7O7P/c1-44-47(43,45-2)17-16-46-31(42)35-26-12-10-25(11-13-26)34-30(41)27(19-22-6-4-3-5-7-22)36-29(40)15-9-24-18-23(20-32)8-14-28(24)39-21-33-37-38-39/h3-15,18,21,27H,16-17,19-20H2,1-2H3,(H,34,41)(H,35,42)(H,36,40)/b15-9+/t27-/m0/s1. The summed E-state index contributed by atoms with van der Waals surface area (Å²) in [6.07, 6.45) is 3.89. The summed E-state index contributed by atoms with van der Waals surface area (Å²) >= 11 is 2.26. The molecule has 0 bridgehead atoms. The topological polar surface area (TPSA) is 176 Å². The Hall–Kier alpha value is -4.44. The van der Waals surface area contributed by atoms with E-state index in [9.17, 15) is 18.9 Å². The summed E-state index contributed by atoms with van der Waals surface area (Å²) in [4.78, 5) is 38.7. The Balaban J connectivity index is 1.41. The first-order valence-corrected chi connectivity index (χ1v) is 17.5. The Kier molecular flexibility index (Phi) is 13.2. The lowest BCUT2D eigenvalue weighted by molar-refractivity contribution is -0.123. The van der Waals surface area contributed by atoms with Crippen LogP contribution in [-0.2, 0) is 38.8 Å². The quantitative estimate of drug-likeness (QED) is 0.0645. The van der Waals surface area contributed by atoms with Crippen molar-refractivity contribution in [2.45, 2.75) is 16.9 Å². The molecule has 0 aliphatic carbocycles. The number of carbonyl (C=O) groups is 3. The molecular formula is C31H33IN7O7P. The van der Waals surface area contributed by atoms with Crippen LogP contribution in [0.2, 0.25) is 0 Å². The van der Waals surface area contributed by atoms with Gasteiger partial charge >= 0.3 is 13.7 Å². The number of benzene rings is 3. The van der Waals surface area contributed by atoms with Crippen molar-refractivity contribution in [1.82, 2.24) is 25.5 Å². The highest BCUT2D eigenvalue weighted by Crippen LogP contribution is 2.45. The fourth-order valence-corrected chi connectivity index (χ4v) is 5.58. The minimum atomic E-state index is -3.30. The molecule has 0 fully saturated rings. The number of hydrogen-bond acceptors (Lipinski definition) is 10. The van der Waals surface area contributed by atoms with Gasteiger partial charge in [0.1, 0.15) is 19.0 Å². The van der Waals surface area contributed by atoms with Crippen LogP contribution in [0.4, 0.5) is 16.2 Å². The molecule has 3 aromatic carbocycles. The fraction of sp³-hybridized carbons (Fsp3) is 0.226. The fourth-order valence-electron chi connectivity index (χ4n) is 4.27. The molecule has 4 rings (SSSR count). The van der Waals surface area contributed by atoms with E-state index in [1.165, 1.54) is 31.3 Å². The van der Waals surface area contributed by atoms with Crippen molar-refractivity contribution in [1.29, 1.82) is 0 Å². The molecule has 3 amide bonds. The lowest BCUT2D eigenvalue weighted by Crippen LogP contribution is -2.44. The largest absolute Gasteiger partial charge is 0.449 e. The minimum Gasteiger partial charge on any atom is -0.449 e. The summed E-state index contributed by atoms with van der Waals surface area (Å²) in [5.41, 5.74) is 4.19. The van der Waals surface area contributed by atoms with Crippen LogP contribution in [-0.4, -0.2) is 71.1 Å². The van der Waals surface area contributed by atoms with Crippen LogP contribution in [0.3, 0.4) is 0 Å². The Morgan fingerprint density at radius 2 is 1.66 bits per heavy atom. The van der Waals surface area contributed by atoms with E-state index < -0.39 is 31.5 Å². The average molecular weight is 774 g/mol. The molecule has 47 heavy (non-hydrogen) atoms. The summed E-state index contributed by atoms with van der Waals surface area (Å²) in [6, 6.07) is 20.6. The third-order valence-corrected chi connectivity index (χ3v) is 9.45. The molecule has 0 unspecified atom stereocenters. The van der Waals surface area contributed by atoms with Crippen LogP contribution in [0.5, 0.6) is 0 Å². The summed E-state index contributed by atoms with van der Waals surface area (Å²) < 4.78 is 29.0. The lowest BCUT2D eigenvalue weighted by Gasteiger charge is -2.18. The first-order valence-electron chi connectivity index (χ1n) is 14.2. The second-order valence-corrected chi connectivity index (χ2v) is 13.1. The van der Waals surface area contributed by atoms with Crippen LogP contribution >= 0.6 is 30.2 Å². The zero-order valence-corrected chi connectivity index (χ0v) is 28.6. The molecule has 0 radical (unpaired) electrons. The van der Waals surface area contributed by atoms with Gasteiger partial charge in [0.15, 0.2) is 0 Å². The number of halogens is 1. The molecule has 0 spiro atoms. The minimum absolute atomic E-state index is 0.0949. The number of carbonyl (C=O) groups excluding carboxylic acids is 3. The van der Waals surface area contributed by atoms with Gasteiger partial charge < -0.3 is 24.4 Å². The van der Waals surface area contributed by atoms with Crippen molar-refractivity contribution >= 4 is 65.5 Å². The molecule has 16 heteroatoms. The zero-order valence-electron chi connectivity index (χ0n) is 25.5. The smallest absolute Gasteiger partial charge is 0.411 e. The van der Waals surface area contributed by atoms with Gasteiger partial charge in [-0.25, -0.2) is 4.79 Å². The number of amides is 3. The molecule has 1 heterocycles. The molecule has 4 aromatic rings. The van der Waals surface area contributed by atoms with Crippen molar-refractivity contribution in [3.05, 3.63) is 102 Å². The zero-order chi connectivity index (χ0) is 33.6. The Morgan fingerprint density at radius 3 is 2.30 bits per heavy atom. The van der Waals surface area contributed by atoms with E-state index in [1.807, 2.05) is 48.5 Å². The second kappa shape index (κ2) is 17.5. The first-order chi connectivity index (χ1) is 22.7. The van der Waals surface area contributed by atoms with Gasteiger partial charge in [0, 0.05) is 48.1 Å². The van der Waals surface area contributed by atoms with Crippen molar-refractivity contribution < 1.29 is 32.7 Å². The number of ether oxygens (including phenoxy) is 1. The van der Waals surface area contributed by atoms with Crippen LogP contribution in [0, 0.1) is 0 Å². The van der Waals surface area contributed by atoms with Crippen LogP contribution in [0.25, 0.3) is 11.8 Å². The predicted octanol–water partition coefficient (Wildman–Crippen LogP) is 5.01. The number of anilines is 2. The Bertz CT molecular complexity index is 1710. The highest BCUT2D eigenvalue weighted by molar-refractivity contribution is 14.1. The van der Waals surface area contributed by atoms with Gasteiger partial charge in [-0.15, -0.1) is 5.10 Å². The van der Waals surface area contributed by atoms with Gasteiger partial charge in [0.2, 0.25) is 11.8 Å². The number of aromatic nitrogens is 4. The van der Waals surface area contributed by atoms with Gasteiger partial charge in [-0.2, -0.15) is 4.68 Å². The summed E-state index contributed by atoms with van der Waals surface area (Å²) in [7, 11) is -0.791. The van der Waals surface area contributed by atoms with E-state index in [-0.39, 0.29) is 19.2 Å². The molecule has 3 N–H and O–H groups in total. The predicted molar refractivity (Wildman–Crippen MR) is 185 cm³/mol. The highest BCUT2D eigenvalue weighted by Gasteiger charge is 2.22. The van der Waals surface area contributed by atoms with Crippen LogP contribution in [0.15, 0.2) is 85.2 Å². The van der Waals surface area contributed by atoms with Crippen molar-refractivity contribution in [2.75, 3.05) is 37.6 Å². The van der Waals surface area contributed by atoms with Gasteiger partial charge in [-0.3, -0.25) is 19.5 Å². The van der Waals surface area contributed by atoms with E-state index in [2.05, 4.69) is 54.1 Å². The van der Waals surface area contributed by atoms with E-state index in [1.54, 1.807) is 30.3 Å². The van der Waals surface area contributed by atoms with Crippen LogP contribution in [0.1, 0.15) is 16.7 Å². The van der Waals surface area contributed by atoms with Crippen LogP contribution < -0.4 is 16.0 Å². The average Bonchev–Trinajstić information content (AvgIpc) is 3.63. The molecular weight excluding hydrogens is 740 g/mol. The van der Waals surface area contributed by atoms with E-state index in [0.717, 1.165) is 21.1 Å². The summed E-state index contributed by atoms with van der Waals surface area (Å²) in [5, 5.41) is 19.5. The maximum atomic E-state index is 13.4. The first kappa shape index (κ1) is 35.4. The molecule has 0 aliphatic heterocycles. The Labute approximate surface area is 284 Å². The molecule has 1 atom stereocenters. The lowest BCUT2D eigenvalue weighted by atomic mass is 10.0. The van der Waals surface area contributed by atoms with Gasteiger partial charge in [0.05, 0.1) is 11.8 Å². The molecule has 246 valence electrons. The molecule has 14 nitrogen and oxygen atoms in total. The number of nitrogens with one attached hydrogen (secondary N) is 3. The van der Waals surface area contributed by atoms with Crippen molar-refractivity contribution in [3.63, 3.8) is 0 Å². The molecule has 0 saturated carbocycles. The van der Waals surface area contributed by atoms with Gasteiger partial charge in [-0.05, 0) is 64.0 Å². The number of rotatable bonds is 15. The second-order valence-electron chi connectivity index (χ2n) is 9.89. The Morgan fingerprint density at radius 1 is 0.957 bits per heavy atom. The molecule has 0 saturated heterocycles. The van der Waals surface area contributed by atoms with E-state index in [0.29, 0.717) is 17.1 Å². The third-order valence-electron chi connectivity index (χ3n) is 6.73. The number of nitrogens with zero attached hydrogens (tertiary/aromatic N) is 4. The number of tetrazole rings is 1. The summed E-state index contributed by atoms with van der Waals surface area (Å²) in [6.45, 7) is -0.173. The third kappa shape index (κ3) is 10.8. The molecule has 1 aromatic heterocycles. The van der Waals surface area contributed by atoms with E-state index >= 15 is 0 Å². The monoisotopic (exact) mass is 773 g/mol. The van der Waals surface area contributed by atoms with Gasteiger partial charge in [-0.1, -0.05) is 59.0 Å². The maximum absolute atomic E-state index is 13.4. The summed E-state index contributed by atoms with van der Waals surface area (Å²) in [5.74, 6) is -0.897. The molecule has 0 aliphatic rings. The normalized spacial score (nSPS) is 12.0. The number of alkyl halides is 1. The number of hydrogen-bond donors (Lipinski definition) is 3. The highest BCUT2D eigenvalue weighted by atomic mass is 127. The maximum Gasteiger partial charge on any atom is 0.411 e. The SMILES string of the molecule is COP(=O)(CCOC(=O)Nc1ccc(NC(=O)[C@H](Cc2ccccc2)NC(=O)/C=C/c2cc(CI)ccc2-n2cnnn2)cc1)OC. The van der Waals surface area contributed by atoms with Crippen molar-refractivity contribution in [3.8, 4) is 5.69 Å². The van der Waals surface area contributed by atoms with E-state index in [4.69, 9.17) is 13.8 Å². The van der Waals surface area contributed by atoms with Gasteiger partial charge in [0.25, 0.3) is 0 Å².